The molecule has 0 aliphatic carbocycles. The first kappa shape index (κ1) is 21.4. The van der Waals surface area contributed by atoms with Crippen LogP contribution >= 0.6 is 0 Å². The van der Waals surface area contributed by atoms with Gasteiger partial charge < -0.3 is 29.2 Å². The van der Waals surface area contributed by atoms with Gasteiger partial charge in [0, 0.05) is 17.7 Å². The van der Waals surface area contributed by atoms with Crippen LogP contribution in [0.1, 0.15) is 55.8 Å². The van der Waals surface area contributed by atoms with Gasteiger partial charge in [-0.25, -0.2) is 0 Å². The minimum Gasteiger partial charge on any atom is -0.492 e. The van der Waals surface area contributed by atoms with Crippen LogP contribution in [0.5, 0.6) is 23.0 Å². The summed E-state index contributed by atoms with van der Waals surface area (Å²) in [7, 11) is 6.19. The number of aliphatic hydroxyl groups is 2. The minimum atomic E-state index is -0.679. The number of unbranched alkanes of at least 4 members (excludes halogenated alkanes) is 4. The largest absolute Gasteiger partial charge is 0.492 e. The average Bonchev–Trinajstić information content (AvgIpc) is 2.62. The average molecular weight is 356 g/mol. The van der Waals surface area contributed by atoms with Gasteiger partial charge in [-0.1, -0.05) is 25.7 Å². The lowest BCUT2D eigenvalue weighted by molar-refractivity contribution is 0.156. The molecule has 1 aromatic carbocycles. The van der Waals surface area contributed by atoms with Crippen LogP contribution in [0.15, 0.2) is 0 Å². The number of rotatable bonds is 12. The maximum Gasteiger partial charge on any atom is 0.207 e. The van der Waals surface area contributed by atoms with Gasteiger partial charge in [-0.05, 0) is 19.8 Å². The first-order valence-electron chi connectivity index (χ1n) is 8.72. The molecule has 1 atom stereocenters. The van der Waals surface area contributed by atoms with E-state index in [2.05, 4.69) is 0 Å². The third kappa shape index (κ3) is 5.16. The Morgan fingerprint density at radius 3 is 1.72 bits per heavy atom. The van der Waals surface area contributed by atoms with Crippen molar-refractivity contribution in [1.82, 2.24) is 0 Å². The molecule has 144 valence electrons. The van der Waals surface area contributed by atoms with Crippen molar-refractivity contribution in [2.75, 3.05) is 35.0 Å². The summed E-state index contributed by atoms with van der Waals surface area (Å²) >= 11 is 0. The third-order valence-corrected chi connectivity index (χ3v) is 4.39. The molecule has 1 aromatic rings. The Labute approximate surface area is 150 Å². The Hall–Kier alpha value is -1.66. The number of hydrogen-bond donors (Lipinski definition) is 2. The second kappa shape index (κ2) is 11.1. The molecular formula is C19H32O6. The van der Waals surface area contributed by atoms with Gasteiger partial charge >= 0.3 is 0 Å². The van der Waals surface area contributed by atoms with Crippen molar-refractivity contribution < 1.29 is 29.2 Å². The molecule has 0 spiro atoms. The van der Waals surface area contributed by atoms with Crippen molar-refractivity contribution in [3.63, 3.8) is 0 Å². The van der Waals surface area contributed by atoms with Gasteiger partial charge in [-0.2, -0.15) is 0 Å². The van der Waals surface area contributed by atoms with Crippen LogP contribution in [0.25, 0.3) is 0 Å². The van der Waals surface area contributed by atoms with Gasteiger partial charge in [0.25, 0.3) is 0 Å². The maximum absolute atomic E-state index is 10.7. The quantitative estimate of drug-likeness (QED) is 0.559. The molecule has 6 heteroatoms. The molecule has 6 nitrogen and oxygen atoms in total. The van der Waals surface area contributed by atoms with Crippen molar-refractivity contribution in [2.24, 2.45) is 0 Å². The molecular weight excluding hydrogens is 324 g/mol. The molecule has 0 saturated heterocycles. The van der Waals surface area contributed by atoms with Gasteiger partial charge in [0.15, 0.2) is 11.5 Å². The molecule has 0 fully saturated rings. The van der Waals surface area contributed by atoms with Gasteiger partial charge in [0.1, 0.15) is 0 Å². The van der Waals surface area contributed by atoms with E-state index in [1.807, 2.05) is 6.92 Å². The number of hydrogen-bond acceptors (Lipinski definition) is 6. The standard InChI is InChI=1S/C19H32O6/c1-13-15(14(21)11-9-7-6-8-10-12-20)17(23-3)19(25-5)18(24-4)16(13)22-2/h14,20-21H,6-12H2,1-5H3. The zero-order valence-electron chi connectivity index (χ0n) is 16.1. The predicted octanol–water partition coefficient (Wildman–Crippen LogP) is 3.40. The Morgan fingerprint density at radius 1 is 0.720 bits per heavy atom. The Morgan fingerprint density at radius 2 is 1.20 bits per heavy atom. The molecule has 0 amide bonds. The van der Waals surface area contributed by atoms with Crippen LogP contribution in [0.3, 0.4) is 0 Å². The second-order valence-electron chi connectivity index (χ2n) is 5.97. The van der Waals surface area contributed by atoms with E-state index < -0.39 is 6.10 Å². The normalized spacial score (nSPS) is 12.0. The van der Waals surface area contributed by atoms with Crippen molar-refractivity contribution in [2.45, 2.75) is 51.6 Å². The van der Waals surface area contributed by atoms with Gasteiger partial charge in [-0.15, -0.1) is 0 Å². The smallest absolute Gasteiger partial charge is 0.207 e. The van der Waals surface area contributed by atoms with E-state index >= 15 is 0 Å². The number of methoxy groups -OCH3 is 4. The highest BCUT2D eigenvalue weighted by molar-refractivity contribution is 5.67. The monoisotopic (exact) mass is 356 g/mol. The Kier molecular flexibility index (Phi) is 9.45. The van der Waals surface area contributed by atoms with Gasteiger partial charge in [0.2, 0.25) is 11.5 Å². The fourth-order valence-corrected chi connectivity index (χ4v) is 3.14. The molecule has 0 radical (unpaired) electrons. The number of ether oxygens (including phenoxy) is 4. The molecule has 0 bridgehead atoms. The highest BCUT2D eigenvalue weighted by Gasteiger charge is 2.28. The Bertz CT molecular complexity index is 529. The maximum atomic E-state index is 10.7. The zero-order valence-corrected chi connectivity index (χ0v) is 16.1. The predicted molar refractivity (Wildman–Crippen MR) is 97.1 cm³/mol. The molecule has 0 aliphatic heterocycles. The van der Waals surface area contributed by atoms with E-state index in [1.54, 1.807) is 21.3 Å². The van der Waals surface area contributed by atoms with Gasteiger partial charge in [0.05, 0.1) is 34.5 Å². The van der Waals surface area contributed by atoms with E-state index in [4.69, 9.17) is 24.1 Å². The molecule has 1 unspecified atom stereocenters. The summed E-state index contributed by atoms with van der Waals surface area (Å²) in [6.45, 7) is 2.12. The summed E-state index contributed by atoms with van der Waals surface area (Å²) in [6, 6.07) is 0. The van der Waals surface area contributed by atoms with E-state index in [0.29, 0.717) is 35.0 Å². The molecule has 0 saturated carbocycles. The molecule has 0 heterocycles. The van der Waals surface area contributed by atoms with Crippen LogP contribution in [-0.4, -0.2) is 45.3 Å². The van der Waals surface area contributed by atoms with E-state index in [9.17, 15) is 5.11 Å². The molecule has 2 N–H and O–H groups in total. The lowest BCUT2D eigenvalue weighted by Gasteiger charge is -2.24. The molecule has 0 aliphatic rings. The van der Waals surface area contributed by atoms with Crippen molar-refractivity contribution in [1.29, 1.82) is 0 Å². The first-order chi connectivity index (χ1) is 12.1. The summed E-state index contributed by atoms with van der Waals surface area (Å²) in [5, 5.41) is 19.5. The second-order valence-corrected chi connectivity index (χ2v) is 5.97. The van der Waals surface area contributed by atoms with Crippen molar-refractivity contribution in [3.8, 4) is 23.0 Å². The SMILES string of the molecule is COc1c(C)c(C(O)CCCCCCCO)c(OC)c(OC)c1OC. The summed E-state index contributed by atoms with van der Waals surface area (Å²) in [6.07, 6.45) is 4.76. The molecule has 0 aromatic heterocycles. The van der Waals surface area contributed by atoms with Crippen LogP contribution in [0.4, 0.5) is 0 Å². The number of aliphatic hydroxyl groups excluding tert-OH is 2. The van der Waals surface area contributed by atoms with E-state index in [-0.39, 0.29) is 6.61 Å². The zero-order chi connectivity index (χ0) is 18.8. The topological polar surface area (TPSA) is 77.4 Å². The van der Waals surface area contributed by atoms with Gasteiger partial charge in [-0.3, -0.25) is 0 Å². The summed E-state index contributed by atoms with van der Waals surface area (Å²) in [4.78, 5) is 0. The molecule has 1 rings (SSSR count). The van der Waals surface area contributed by atoms with Crippen LogP contribution < -0.4 is 18.9 Å². The highest BCUT2D eigenvalue weighted by atomic mass is 16.5. The lowest BCUT2D eigenvalue weighted by atomic mass is 9.95. The van der Waals surface area contributed by atoms with Crippen LogP contribution in [0, 0.1) is 6.92 Å². The van der Waals surface area contributed by atoms with Crippen molar-refractivity contribution in [3.05, 3.63) is 11.1 Å². The fraction of sp³-hybridized carbons (Fsp3) is 0.684. The van der Waals surface area contributed by atoms with Crippen LogP contribution in [0.2, 0.25) is 0 Å². The lowest BCUT2D eigenvalue weighted by Crippen LogP contribution is -2.08. The van der Waals surface area contributed by atoms with E-state index in [1.165, 1.54) is 7.11 Å². The first-order valence-corrected chi connectivity index (χ1v) is 8.72. The fourth-order valence-electron chi connectivity index (χ4n) is 3.14. The Balaban J connectivity index is 3.04. The number of benzene rings is 1. The van der Waals surface area contributed by atoms with Crippen molar-refractivity contribution >= 4 is 0 Å². The summed E-state index contributed by atoms with van der Waals surface area (Å²) in [5.74, 6) is 1.89. The van der Waals surface area contributed by atoms with E-state index in [0.717, 1.165) is 37.7 Å². The highest BCUT2D eigenvalue weighted by Crippen LogP contribution is 2.51. The minimum absolute atomic E-state index is 0.241. The summed E-state index contributed by atoms with van der Waals surface area (Å²) < 4.78 is 21.9. The summed E-state index contributed by atoms with van der Waals surface area (Å²) in [5.41, 5.74) is 1.46. The van der Waals surface area contributed by atoms with Crippen LogP contribution in [-0.2, 0) is 0 Å². The third-order valence-electron chi connectivity index (χ3n) is 4.39. The molecule has 25 heavy (non-hydrogen) atoms.